The first-order valence-electron chi connectivity index (χ1n) is 17.1. The van der Waals surface area contributed by atoms with Crippen LogP contribution in [0, 0.1) is 0 Å². The lowest BCUT2D eigenvalue weighted by Crippen LogP contribution is -2.09. The van der Waals surface area contributed by atoms with Crippen LogP contribution in [0.4, 0.5) is 17.1 Å². The molecule has 10 aromatic rings. The van der Waals surface area contributed by atoms with Gasteiger partial charge in [-0.2, -0.15) is 0 Å². The van der Waals surface area contributed by atoms with E-state index in [4.69, 9.17) is 0 Å². The molecular formula is C48H31NS. The molecule has 2 heteroatoms. The molecule has 0 aliphatic carbocycles. The zero-order chi connectivity index (χ0) is 33.0. The van der Waals surface area contributed by atoms with Gasteiger partial charge in [-0.25, -0.2) is 0 Å². The van der Waals surface area contributed by atoms with Gasteiger partial charge in [-0.3, -0.25) is 0 Å². The van der Waals surface area contributed by atoms with E-state index >= 15 is 0 Å². The zero-order valence-corrected chi connectivity index (χ0v) is 28.1. The fourth-order valence-electron chi connectivity index (χ4n) is 7.83. The minimum absolute atomic E-state index is 1.13. The molecule has 50 heavy (non-hydrogen) atoms. The van der Waals surface area contributed by atoms with Crippen molar-refractivity contribution in [3.8, 4) is 22.3 Å². The third-order valence-electron chi connectivity index (χ3n) is 10.0. The Hall–Kier alpha value is -6.22. The van der Waals surface area contributed by atoms with Gasteiger partial charge in [-0.1, -0.05) is 133 Å². The Bertz CT molecular complexity index is 2760. The summed E-state index contributed by atoms with van der Waals surface area (Å²) in [6.45, 7) is 0. The number of rotatable bonds is 5. The van der Waals surface area contributed by atoms with Crippen molar-refractivity contribution >= 4 is 80.9 Å². The van der Waals surface area contributed by atoms with E-state index in [2.05, 4.69) is 193 Å². The van der Waals surface area contributed by atoms with Crippen LogP contribution in [0.1, 0.15) is 0 Å². The van der Waals surface area contributed by atoms with Gasteiger partial charge < -0.3 is 4.90 Å². The first-order valence-corrected chi connectivity index (χ1v) is 17.9. The number of nitrogens with zero attached hydrogens (tertiary/aromatic N) is 1. The van der Waals surface area contributed by atoms with Crippen molar-refractivity contribution in [2.45, 2.75) is 0 Å². The normalized spacial score (nSPS) is 11.6. The Morgan fingerprint density at radius 2 is 0.780 bits per heavy atom. The lowest BCUT2D eigenvalue weighted by Gasteiger charge is -2.25. The van der Waals surface area contributed by atoms with Crippen molar-refractivity contribution in [2.75, 3.05) is 4.90 Å². The average molecular weight is 654 g/mol. The van der Waals surface area contributed by atoms with Gasteiger partial charge in [0.05, 0.1) is 0 Å². The molecule has 0 bridgehead atoms. The molecule has 0 amide bonds. The van der Waals surface area contributed by atoms with Crippen LogP contribution in [0.2, 0.25) is 0 Å². The summed E-state index contributed by atoms with van der Waals surface area (Å²) in [5, 5.41) is 10.3. The highest BCUT2D eigenvalue weighted by molar-refractivity contribution is 7.26. The molecule has 234 valence electrons. The second-order valence-electron chi connectivity index (χ2n) is 12.9. The summed E-state index contributed by atoms with van der Waals surface area (Å²) in [5.74, 6) is 0. The highest BCUT2D eigenvalue weighted by Gasteiger charge is 2.19. The van der Waals surface area contributed by atoms with Crippen LogP contribution >= 0.6 is 11.3 Å². The van der Waals surface area contributed by atoms with E-state index in [1.807, 2.05) is 11.3 Å². The van der Waals surface area contributed by atoms with Crippen LogP contribution < -0.4 is 4.90 Å². The van der Waals surface area contributed by atoms with E-state index in [1.165, 1.54) is 74.7 Å². The van der Waals surface area contributed by atoms with Gasteiger partial charge in [0.25, 0.3) is 0 Å². The van der Waals surface area contributed by atoms with Crippen molar-refractivity contribution in [1.82, 2.24) is 0 Å². The number of fused-ring (bicyclic) bond motifs is 7. The third-order valence-corrected chi connectivity index (χ3v) is 11.2. The minimum Gasteiger partial charge on any atom is -0.311 e. The summed E-state index contributed by atoms with van der Waals surface area (Å²) >= 11 is 1.88. The molecule has 0 unspecified atom stereocenters. The molecule has 1 heterocycles. The monoisotopic (exact) mass is 653 g/mol. The first kappa shape index (κ1) is 28.8. The fraction of sp³-hybridized carbons (Fsp3) is 0. The molecule has 0 saturated heterocycles. The standard InChI is InChI=1S/C48H31NS/c1-3-14-35(15-4-1)49(36-16-5-2-6-17-36)37-27-23-33(24-28-37)46-39-19-9-11-21-41(39)47(42-22-12-10-20-40(42)46)34-26-29-44-43(31-34)48-38-18-8-7-13-32(38)25-30-45(48)50-44/h1-31H. The number of para-hydroxylation sites is 2. The van der Waals surface area contributed by atoms with Gasteiger partial charge in [0.2, 0.25) is 0 Å². The number of hydrogen-bond donors (Lipinski definition) is 0. The Morgan fingerprint density at radius 1 is 0.320 bits per heavy atom. The van der Waals surface area contributed by atoms with E-state index in [0.717, 1.165) is 17.1 Å². The highest BCUT2D eigenvalue weighted by Crippen LogP contribution is 2.46. The first-order chi connectivity index (χ1) is 24.8. The van der Waals surface area contributed by atoms with Gasteiger partial charge in [0.15, 0.2) is 0 Å². The van der Waals surface area contributed by atoms with Crippen molar-refractivity contribution in [1.29, 1.82) is 0 Å². The number of thiophene rings is 1. The number of benzene rings is 9. The van der Waals surface area contributed by atoms with Crippen molar-refractivity contribution < 1.29 is 0 Å². The van der Waals surface area contributed by atoms with Crippen molar-refractivity contribution in [3.05, 3.63) is 188 Å². The maximum Gasteiger partial charge on any atom is 0.0462 e. The molecule has 0 aliphatic heterocycles. The molecule has 9 aromatic carbocycles. The van der Waals surface area contributed by atoms with Gasteiger partial charge >= 0.3 is 0 Å². The predicted molar refractivity (Wildman–Crippen MR) is 217 cm³/mol. The Labute approximate surface area is 294 Å². The molecule has 1 nitrogen and oxygen atoms in total. The largest absolute Gasteiger partial charge is 0.311 e. The maximum atomic E-state index is 2.44. The van der Waals surface area contributed by atoms with Crippen LogP contribution in [0.25, 0.3) is 74.7 Å². The fourth-order valence-corrected chi connectivity index (χ4v) is 8.93. The molecular weight excluding hydrogens is 623 g/mol. The third kappa shape index (κ3) is 4.61. The molecule has 0 fully saturated rings. The number of hydrogen-bond acceptors (Lipinski definition) is 2. The molecule has 0 atom stereocenters. The quantitative estimate of drug-likeness (QED) is 0.167. The van der Waals surface area contributed by atoms with Gasteiger partial charge in [-0.15, -0.1) is 11.3 Å². The van der Waals surface area contributed by atoms with E-state index < -0.39 is 0 Å². The van der Waals surface area contributed by atoms with Crippen LogP contribution in [0.3, 0.4) is 0 Å². The molecule has 0 radical (unpaired) electrons. The second-order valence-corrected chi connectivity index (χ2v) is 14.0. The van der Waals surface area contributed by atoms with E-state index in [0.29, 0.717) is 0 Å². The summed E-state index contributed by atoms with van der Waals surface area (Å²) in [5.41, 5.74) is 8.41. The van der Waals surface area contributed by atoms with E-state index in [9.17, 15) is 0 Å². The Balaban J connectivity index is 1.17. The lowest BCUT2D eigenvalue weighted by atomic mass is 9.85. The van der Waals surface area contributed by atoms with E-state index in [1.54, 1.807) is 0 Å². The van der Waals surface area contributed by atoms with Crippen molar-refractivity contribution in [2.24, 2.45) is 0 Å². The summed E-state index contributed by atoms with van der Waals surface area (Å²) in [6, 6.07) is 68.5. The van der Waals surface area contributed by atoms with Crippen molar-refractivity contribution in [3.63, 3.8) is 0 Å². The minimum atomic E-state index is 1.13. The van der Waals surface area contributed by atoms with Crippen LogP contribution in [-0.4, -0.2) is 0 Å². The van der Waals surface area contributed by atoms with Gasteiger partial charge in [0, 0.05) is 37.2 Å². The average Bonchev–Trinajstić information content (AvgIpc) is 3.57. The molecule has 0 aliphatic rings. The summed E-state index contributed by atoms with van der Waals surface area (Å²) < 4.78 is 2.66. The second kappa shape index (κ2) is 11.7. The predicted octanol–water partition coefficient (Wildman–Crippen LogP) is 14.3. The lowest BCUT2D eigenvalue weighted by molar-refractivity contribution is 1.28. The zero-order valence-electron chi connectivity index (χ0n) is 27.3. The summed E-state index contributed by atoms with van der Waals surface area (Å²) in [7, 11) is 0. The Morgan fingerprint density at radius 3 is 1.38 bits per heavy atom. The topological polar surface area (TPSA) is 3.24 Å². The highest BCUT2D eigenvalue weighted by atomic mass is 32.1. The van der Waals surface area contributed by atoms with Crippen LogP contribution in [0.5, 0.6) is 0 Å². The van der Waals surface area contributed by atoms with Crippen LogP contribution in [0.15, 0.2) is 188 Å². The number of anilines is 3. The summed E-state index contributed by atoms with van der Waals surface area (Å²) in [6.07, 6.45) is 0. The molecule has 1 aromatic heterocycles. The smallest absolute Gasteiger partial charge is 0.0462 e. The SMILES string of the molecule is c1ccc(N(c2ccccc2)c2ccc(-c3c4ccccc4c(-c4ccc5sc6ccc7ccccc7c6c5c4)c4ccccc34)cc2)cc1. The molecule has 0 spiro atoms. The summed E-state index contributed by atoms with van der Waals surface area (Å²) in [4.78, 5) is 2.32. The van der Waals surface area contributed by atoms with E-state index in [-0.39, 0.29) is 0 Å². The van der Waals surface area contributed by atoms with Crippen LogP contribution in [-0.2, 0) is 0 Å². The molecule has 10 rings (SSSR count). The Kier molecular flexibility index (Phi) is 6.75. The van der Waals surface area contributed by atoms with Gasteiger partial charge in [0.1, 0.15) is 0 Å². The molecule has 0 saturated carbocycles. The molecule has 0 N–H and O–H groups in total. The maximum absolute atomic E-state index is 2.44. The van der Waals surface area contributed by atoms with Gasteiger partial charge in [-0.05, 0) is 109 Å².